The van der Waals surface area contributed by atoms with Gasteiger partial charge in [-0.2, -0.15) is 0 Å². The van der Waals surface area contributed by atoms with Crippen molar-refractivity contribution in [3.63, 3.8) is 0 Å². The molecule has 0 radical (unpaired) electrons. The number of likely N-dealkylation sites (N-methyl/N-ethyl adjacent to an activating group) is 1. The van der Waals surface area contributed by atoms with Gasteiger partial charge in [0.25, 0.3) is 5.91 Å². The molecular weight excluding hydrogens is 246 g/mol. The summed E-state index contributed by atoms with van der Waals surface area (Å²) >= 11 is -1.08. The molecule has 0 bridgehead atoms. The number of nitrogens with one attached hydrogen (secondary N) is 1. The number of hydrogen-bond acceptors (Lipinski definition) is 2. The van der Waals surface area contributed by atoms with E-state index in [2.05, 4.69) is 5.32 Å². The second kappa shape index (κ2) is 6.07. The molecule has 1 aromatic carbocycles. The summed E-state index contributed by atoms with van der Waals surface area (Å²) in [6.07, 6.45) is 2.45. The molecule has 1 aromatic rings. The molecule has 3 nitrogen and oxygen atoms in total. The van der Waals surface area contributed by atoms with Crippen molar-refractivity contribution in [1.29, 1.82) is 0 Å². The minimum absolute atomic E-state index is 0.0797. The topological polar surface area (TPSA) is 52.2 Å². The average molecular weight is 263 g/mol. The van der Waals surface area contributed by atoms with Gasteiger partial charge in [-0.15, -0.1) is 0 Å². The Hall–Kier alpha value is -1.26. The molecule has 0 aromatic heterocycles. The Morgan fingerprint density at radius 1 is 1.33 bits per heavy atom. The van der Waals surface area contributed by atoms with E-state index in [4.69, 9.17) is 0 Å². The van der Waals surface area contributed by atoms with Crippen LogP contribution in [-0.2, 0) is 21.7 Å². The third kappa shape index (κ3) is 2.94. The zero-order valence-corrected chi connectivity index (χ0v) is 11.3. The fourth-order valence-corrected chi connectivity index (χ4v) is 3.68. The molecule has 0 saturated heterocycles. The van der Waals surface area contributed by atoms with Crippen molar-refractivity contribution in [2.75, 3.05) is 7.05 Å². The molecule has 1 aliphatic carbocycles. The fourth-order valence-electron chi connectivity index (χ4n) is 2.17. The van der Waals surface area contributed by atoms with E-state index in [1.54, 1.807) is 7.05 Å². The van der Waals surface area contributed by atoms with Gasteiger partial charge in [-0.3, -0.25) is 4.79 Å². The summed E-state index contributed by atoms with van der Waals surface area (Å²) in [6, 6.07) is 9.75. The van der Waals surface area contributed by atoms with Gasteiger partial charge in [-0.05, 0) is 24.0 Å². The maximum Gasteiger partial charge on any atom is 0.251 e. The van der Waals surface area contributed by atoms with Crippen LogP contribution in [0.5, 0.6) is 0 Å². The van der Waals surface area contributed by atoms with Crippen LogP contribution in [0.4, 0.5) is 0 Å². The monoisotopic (exact) mass is 263 g/mol. The SMILES string of the molecule is CNC(=O)C1=C([S+]([O-])Cc2ccccc2)CCC1. The second-order valence-electron chi connectivity index (χ2n) is 4.31. The number of benzene rings is 1. The zero-order chi connectivity index (χ0) is 13.0. The molecule has 0 fully saturated rings. The minimum atomic E-state index is -1.08. The van der Waals surface area contributed by atoms with E-state index in [0.717, 1.165) is 35.3 Å². The molecule has 96 valence electrons. The summed E-state index contributed by atoms with van der Waals surface area (Å²) in [5.74, 6) is 0.417. The lowest BCUT2D eigenvalue weighted by atomic mass is 10.2. The maximum absolute atomic E-state index is 12.3. The number of amides is 1. The van der Waals surface area contributed by atoms with Gasteiger partial charge in [-0.25, -0.2) is 0 Å². The van der Waals surface area contributed by atoms with Crippen LogP contribution in [0.1, 0.15) is 24.8 Å². The number of carbonyl (C=O) groups excluding carboxylic acids is 1. The molecule has 1 amide bonds. The first-order valence-electron chi connectivity index (χ1n) is 6.08. The first-order chi connectivity index (χ1) is 8.72. The Morgan fingerprint density at radius 2 is 2.06 bits per heavy atom. The lowest BCUT2D eigenvalue weighted by Gasteiger charge is -2.13. The van der Waals surface area contributed by atoms with Gasteiger partial charge in [0.2, 0.25) is 0 Å². The fraction of sp³-hybridized carbons (Fsp3) is 0.357. The van der Waals surface area contributed by atoms with Crippen LogP contribution in [0.2, 0.25) is 0 Å². The van der Waals surface area contributed by atoms with Crippen LogP contribution >= 0.6 is 0 Å². The summed E-state index contributed by atoms with van der Waals surface area (Å²) in [5, 5.41) is 2.62. The molecule has 0 aliphatic heterocycles. The van der Waals surface area contributed by atoms with Crippen LogP contribution in [0.15, 0.2) is 40.8 Å². The Bertz CT molecular complexity index is 456. The Kier molecular flexibility index (Phi) is 4.44. The van der Waals surface area contributed by atoms with Gasteiger partial charge in [0, 0.05) is 19.0 Å². The van der Waals surface area contributed by atoms with Gasteiger partial charge >= 0.3 is 0 Å². The highest BCUT2D eigenvalue weighted by Gasteiger charge is 2.28. The predicted octanol–water partition coefficient (Wildman–Crippen LogP) is 2.12. The van der Waals surface area contributed by atoms with E-state index in [1.807, 2.05) is 30.3 Å². The van der Waals surface area contributed by atoms with Crippen molar-refractivity contribution in [3.05, 3.63) is 46.4 Å². The minimum Gasteiger partial charge on any atom is -0.611 e. The Labute approximate surface area is 110 Å². The van der Waals surface area contributed by atoms with Crippen molar-refractivity contribution in [1.82, 2.24) is 5.32 Å². The zero-order valence-electron chi connectivity index (χ0n) is 10.4. The summed E-state index contributed by atoms with van der Waals surface area (Å²) in [5.41, 5.74) is 1.78. The highest BCUT2D eigenvalue weighted by Crippen LogP contribution is 2.32. The third-order valence-electron chi connectivity index (χ3n) is 3.08. The second-order valence-corrected chi connectivity index (χ2v) is 5.78. The van der Waals surface area contributed by atoms with Crippen LogP contribution in [0, 0.1) is 0 Å². The Morgan fingerprint density at radius 3 is 2.72 bits per heavy atom. The van der Waals surface area contributed by atoms with Crippen LogP contribution < -0.4 is 5.32 Å². The van der Waals surface area contributed by atoms with Gasteiger partial charge in [0.1, 0.15) is 10.7 Å². The molecule has 2 rings (SSSR count). The summed E-state index contributed by atoms with van der Waals surface area (Å²) in [7, 11) is 1.62. The summed E-state index contributed by atoms with van der Waals surface area (Å²) in [4.78, 5) is 12.5. The largest absolute Gasteiger partial charge is 0.611 e. The number of hydrogen-bond donors (Lipinski definition) is 1. The molecule has 4 heteroatoms. The molecule has 1 N–H and O–H groups in total. The van der Waals surface area contributed by atoms with Crippen molar-refractivity contribution in [2.24, 2.45) is 0 Å². The molecule has 0 spiro atoms. The van der Waals surface area contributed by atoms with Crippen LogP contribution in [0.25, 0.3) is 0 Å². The average Bonchev–Trinajstić information content (AvgIpc) is 2.88. The van der Waals surface area contributed by atoms with E-state index < -0.39 is 11.2 Å². The van der Waals surface area contributed by atoms with E-state index >= 15 is 0 Å². The number of carbonyl (C=O) groups is 1. The normalized spacial score (nSPS) is 16.8. The molecular formula is C14H17NO2S. The standard InChI is InChI=1S/C14H17NO2S/c1-15-14(16)12-8-5-9-13(12)18(17)10-11-6-3-2-4-7-11/h2-4,6-7H,5,8-10H2,1H3,(H,15,16). The highest BCUT2D eigenvalue weighted by atomic mass is 32.2. The number of rotatable bonds is 4. The van der Waals surface area contributed by atoms with E-state index in [-0.39, 0.29) is 5.91 Å². The van der Waals surface area contributed by atoms with Gasteiger partial charge in [0.15, 0.2) is 0 Å². The lowest BCUT2D eigenvalue weighted by Crippen LogP contribution is -2.21. The van der Waals surface area contributed by atoms with Crippen molar-refractivity contribution in [2.45, 2.75) is 25.0 Å². The number of allylic oxidation sites excluding steroid dienone is 1. The molecule has 1 unspecified atom stereocenters. The predicted molar refractivity (Wildman–Crippen MR) is 73.2 cm³/mol. The van der Waals surface area contributed by atoms with Gasteiger partial charge in [0.05, 0.1) is 5.57 Å². The smallest absolute Gasteiger partial charge is 0.251 e. The van der Waals surface area contributed by atoms with Gasteiger partial charge in [-0.1, -0.05) is 30.3 Å². The molecule has 0 heterocycles. The van der Waals surface area contributed by atoms with E-state index in [9.17, 15) is 9.35 Å². The third-order valence-corrected chi connectivity index (χ3v) is 4.68. The highest BCUT2D eigenvalue weighted by molar-refractivity contribution is 7.94. The van der Waals surface area contributed by atoms with Crippen LogP contribution in [0.3, 0.4) is 0 Å². The first kappa shape index (κ1) is 13.2. The molecule has 1 atom stereocenters. The van der Waals surface area contributed by atoms with E-state index in [1.165, 1.54) is 0 Å². The molecule has 18 heavy (non-hydrogen) atoms. The molecule has 0 saturated carbocycles. The quantitative estimate of drug-likeness (QED) is 0.846. The van der Waals surface area contributed by atoms with Gasteiger partial charge < -0.3 is 9.87 Å². The van der Waals surface area contributed by atoms with Crippen molar-refractivity contribution >= 4 is 17.1 Å². The van der Waals surface area contributed by atoms with E-state index in [0.29, 0.717) is 5.75 Å². The van der Waals surface area contributed by atoms with Crippen LogP contribution in [-0.4, -0.2) is 17.5 Å². The van der Waals surface area contributed by atoms with Crippen molar-refractivity contribution < 1.29 is 9.35 Å². The summed E-state index contributed by atoms with van der Waals surface area (Å²) < 4.78 is 12.3. The maximum atomic E-state index is 12.3. The summed E-state index contributed by atoms with van der Waals surface area (Å²) in [6.45, 7) is 0. The lowest BCUT2D eigenvalue weighted by molar-refractivity contribution is -0.117. The Balaban J connectivity index is 2.13. The first-order valence-corrected chi connectivity index (χ1v) is 7.40. The van der Waals surface area contributed by atoms with Crippen molar-refractivity contribution in [3.8, 4) is 0 Å². The molecule has 1 aliphatic rings.